The van der Waals surface area contributed by atoms with E-state index in [4.69, 9.17) is 0 Å². The highest BCUT2D eigenvalue weighted by molar-refractivity contribution is 7.91. The normalized spacial score (nSPS) is 11.7. The van der Waals surface area contributed by atoms with Crippen LogP contribution in [0, 0.1) is 12.7 Å². The Kier molecular flexibility index (Phi) is 4.80. The molecule has 0 spiro atoms. The van der Waals surface area contributed by atoms with Crippen molar-refractivity contribution in [3.8, 4) is 0 Å². The Labute approximate surface area is 167 Å². The number of pyridine rings is 1. The van der Waals surface area contributed by atoms with Gasteiger partial charge < -0.3 is 4.57 Å². The van der Waals surface area contributed by atoms with Crippen LogP contribution < -0.4 is 5.43 Å². The highest BCUT2D eigenvalue weighted by Crippen LogP contribution is 2.22. The van der Waals surface area contributed by atoms with Gasteiger partial charge >= 0.3 is 0 Å². The van der Waals surface area contributed by atoms with Crippen LogP contribution in [0.3, 0.4) is 0 Å². The number of fused-ring (bicyclic) bond motifs is 1. The molecule has 4 aromatic rings. The third-order valence-electron chi connectivity index (χ3n) is 4.83. The first-order valence-corrected chi connectivity index (χ1v) is 10.5. The van der Waals surface area contributed by atoms with Gasteiger partial charge in [0.05, 0.1) is 10.4 Å². The molecule has 3 aromatic carbocycles. The highest BCUT2D eigenvalue weighted by atomic mass is 32.2. The largest absolute Gasteiger partial charge is 0.341 e. The van der Waals surface area contributed by atoms with E-state index in [9.17, 15) is 17.6 Å². The molecule has 0 amide bonds. The molecule has 146 valence electrons. The molecule has 6 heteroatoms. The SMILES string of the molecule is Cc1ccc(Cn2cc(S(=O)(=O)c3ccccc3)c(=O)c3cc(F)ccc32)cc1. The van der Waals surface area contributed by atoms with E-state index in [0.29, 0.717) is 12.1 Å². The maximum atomic E-state index is 13.9. The molecule has 29 heavy (non-hydrogen) atoms. The van der Waals surface area contributed by atoms with Crippen molar-refractivity contribution in [2.75, 3.05) is 0 Å². The number of sulfone groups is 1. The molecule has 0 radical (unpaired) electrons. The molecule has 0 saturated heterocycles. The molecule has 0 saturated carbocycles. The van der Waals surface area contributed by atoms with Crippen LogP contribution in [0.5, 0.6) is 0 Å². The van der Waals surface area contributed by atoms with Crippen LogP contribution in [0.1, 0.15) is 11.1 Å². The zero-order valence-electron chi connectivity index (χ0n) is 15.7. The van der Waals surface area contributed by atoms with Crippen molar-refractivity contribution >= 4 is 20.7 Å². The van der Waals surface area contributed by atoms with Crippen molar-refractivity contribution in [3.05, 3.63) is 106 Å². The molecule has 1 aromatic heterocycles. The first-order chi connectivity index (χ1) is 13.9. The second-order valence-electron chi connectivity index (χ2n) is 6.91. The van der Waals surface area contributed by atoms with Gasteiger partial charge in [-0.1, -0.05) is 48.0 Å². The van der Waals surface area contributed by atoms with E-state index in [1.54, 1.807) is 22.8 Å². The Morgan fingerprint density at radius 1 is 0.931 bits per heavy atom. The zero-order valence-corrected chi connectivity index (χ0v) is 16.5. The number of benzene rings is 3. The van der Waals surface area contributed by atoms with Gasteiger partial charge in [0.25, 0.3) is 0 Å². The number of halogens is 1. The quantitative estimate of drug-likeness (QED) is 0.506. The molecule has 0 atom stereocenters. The maximum absolute atomic E-state index is 13.9. The van der Waals surface area contributed by atoms with Crippen LogP contribution >= 0.6 is 0 Å². The minimum absolute atomic E-state index is 0.0229. The lowest BCUT2D eigenvalue weighted by Crippen LogP contribution is -2.19. The molecular weight excluding hydrogens is 389 g/mol. The molecule has 0 N–H and O–H groups in total. The van der Waals surface area contributed by atoms with E-state index in [1.807, 2.05) is 31.2 Å². The average molecular weight is 407 g/mol. The summed E-state index contributed by atoms with van der Waals surface area (Å²) in [6, 6.07) is 19.4. The summed E-state index contributed by atoms with van der Waals surface area (Å²) >= 11 is 0. The molecule has 0 aliphatic carbocycles. The third kappa shape index (κ3) is 3.59. The molecule has 0 bridgehead atoms. The van der Waals surface area contributed by atoms with E-state index >= 15 is 0 Å². The first kappa shape index (κ1) is 19.1. The number of rotatable bonds is 4. The van der Waals surface area contributed by atoms with Crippen LogP contribution in [-0.2, 0) is 16.4 Å². The Morgan fingerprint density at radius 3 is 2.31 bits per heavy atom. The van der Waals surface area contributed by atoms with Crippen LogP contribution in [-0.4, -0.2) is 13.0 Å². The Bertz CT molecular complexity index is 1360. The van der Waals surface area contributed by atoms with E-state index < -0.39 is 21.1 Å². The minimum Gasteiger partial charge on any atom is -0.341 e. The van der Waals surface area contributed by atoms with Crippen molar-refractivity contribution in [1.29, 1.82) is 0 Å². The van der Waals surface area contributed by atoms with E-state index in [0.717, 1.165) is 17.2 Å². The predicted octanol–water partition coefficient (Wildman–Crippen LogP) is 4.33. The summed E-state index contributed by atoms with van der Waals surface area (Å²) in [5.41, 5.74) is 1.81. The summed E-state index contributed by atoms with van der Waals surface area (Å²) in [6.07, 6.45) is 1.35. The molecular formula is C23H18FNO3S. The first-order valence-electron chi connectivity index (χ1n) is 9.05. The Balaban J connectivity index is 1.97. The van der Waals surface area contributed by atoms with Gasteiger partial charge in [-0.25, -0.2) is 12.8 Å². The summed E-state index contributed by atoms with van der Waals surface area (Å²) in [7, 11) is -4.05. The maximum Gasteiger partial charge on any atom is 0.211 e. The van der Waals surface area contributed by atoms with Crippen LogP contribution in [0.25, 0.3) is 10.9 Å². The lowest BCUT2D eigenvalue weighted by molar-refractivity contribution is 0.593. The topological polar surface area (TPSA) is 56.1 Å². The number of hydrogen-bond acceptors (Lipinski definition) is 3. The van der Waals surface area contributed by atoms with E-state index in [1.165, 1.54) is 30.5 Å². The van der Waals surface area contributed by atoms with Crippen LogP contribution in [0.4, 0.5) is 4.39 Å². The summed E-state index contributed by atoms with van der Waals surface area (Å²) in [4.78, 5) is 12.6. The lowest BCUT2D eigenvalue weighted by Gasteiger charge is -2.14. The molecule has 0 fully saturated rings. The fourth-order valence-corrected chi connectivity index (χ4v) is 4.67. The van der Waals surface area contributed by atoms with E-state index in [-0.39, 0.29) is 15.2 Å². The van der Waals surface area contributed by atoms with Gasteiger partial charge in [0.2, 0.25) is 15.3 Å². The standard InChI is InChI=1S/C23H18FNO3S/c1-16-7-9-17(10-8-16)14-25-15-22(29(27,28)19-5-3-2-4-6-19)23(26)20-13-18(24)11-12-21(20)25/h2-13,15H,14H2,1H3. The molecule has 0 aliphatic rings. The zero-order chi connectivity index (χ0) is 20.6. The average Bonchev–Trinajstić information content (AvgIpc) is 2.72. The van der Waals surface area contributed by atoms with Crippen molar-refractivity contribution in [1.82, 2.24) is 4.57 Å². The third-order valence-corrected chi connectivity index (χ3v) is 6.59. The van der Waals surface area contributed by atoms with Gasteiger partial charge in [-0.15, -0.1) is 0 Å². The second-order valence-corrected chi connectivity index (χ2v) is 8.83. The predicted molar refractivity (Wildman–Crippen MR) is 110 cm³/mol. The summed E-state index contributed by atoms with van der Waals surface area (Å²) in [5.74, 6) is -0.592. The molecule has 1 heterocycles. The monoisotopic (exact) mass is 407 g/mol. The number of nitrogens with zero attached hydrogens (tertiary/aromatic N) is 1. The Hall–Kier alpha value is -3.25. The highest BCUT2D eigenvalue weighted by Gasteiger charge is 2.24. The molecule has 4 rings (SSSR count). The van der Waals surface area contributed by atoms with Gasteiger partial charge in [-0.3, -0.25) is 4.79 Å². The Morgan fingerprint density at radius 2 is 1.62 bits per heavy atom. The van der Waals surface area contributed by atoms with Crippen molar-refractivity contribution in [3.63, 3.8) is 0 Å². The number of hydrogen-bond donors (Lipinski definition) is 0. The summed E-state index contributed by atoms with van der Waals surface area (Å²) in [5, 5.41) is 0.0362. The lowest BCUT2D eigenvalue weighted by atomic mass is 10.1. The second kappa shape index (κ2) is 7.29. The van der Waals surface area contributed by atoms with E-state index in [2.05, 4.69) is 0 Å². The summed E-state index contributed by atoms with van der Waals surface area (Å²) in [6.45, 7) is 2.33. The van der Waals surface area contributed by atoms with Crippen LogP contribution in [0.2, 0.25) is 0 Å². The number of aromatic nitrogens is 1. The van der Waals surface area contributed by atoms with Gasteiger partial charge in [0.1, 0.15) is 10.7 Å². The molecule has 0 aliphatic heterocycles. The van der Waals surface area contributed by atoms with Crippen molar-refractivity contribution < 1.29 is 12.8 Å². The molecule has 4 nitrogen and oxygen atoms in total. The van der Waals surface area contributed by atoms with Crippen molar-refractivity contribution in [2.24, 2.45) is 0 Å². The molecule has 0 unspecified atom stereocenters. The van der Waals surface area contributed by atoms with Gasteiger partial charge in [0.15, 0.2) is 0 Å². The smallest absolute Gasteiger partial charge is 0.211 e. The number of aryl methyl sites for hydroxylation is 1. The minimum atomic E-state index is -4.05. The fraction of sp³-hybridized carbons (Fsp3) is 0.0870. The summed E-state index contributed by atoms with van der Waals surface area (Å²) < 4.78 is 41.8. The van der Waals surface area contributed by atoms with Crippen molar-refractivity contribution in [2.45, 2.75) is 23.3 Å². The van der Waals surface area contributed by atoms with Gasteiger partial charge in [-0.05, 0) is 42.8 Å². The van der Waals surface area contributed by atoms with Gasteiger partial charge in [-0.2, -0.15) is 0 Å². The fourth-order valence-electron chi connectivity index (χ4n) is 3.28. The van der Waals surface area contributed by atoms with Crippen LogP contribution in [0.15, 0.2) is 93.6 Å². The van der Waals surface area contributed by atoms with Gasteiger partial charge in [0, 0.05) is 18.1 Å².